The zero-order chi connectivity index (χ0) is 20.8. The van der Waals surface area contributed by atoms with Crippen LogP contribution in [0.1, 0.15) is 0 Å². The van der Waals surface area contributed by atoms with Gasteiger partial charge in [-0.25, -0.2) is 9.97 Å². The van der Waals surface area contributed by atoms with E-state index in [2.05, 4.69) is 60.2 Å². The molecule has 0 atom stereocenters. The Kier molecular flexibility index (Phi) is 4.17. The van der Waals surface area contributed by atoms with Gasteiger partial charge in [0.05, 0.1) is 11.0 Å². The number of aromatic amines is 2. The second-order valence-electron chi connectivity index (χ2n) is 7.98. The molecule has 0 spiro atoms. The number of hydrogen-bond acceptors (Lipinski definition) is 6. The lowest BCUT2D eigenvalue weighted by atomic mass is 10.0. The molecule has 0 amide bonds. The lowest BCUT2D eigenvalue weighted by Gasteiger charge is -2.33. The predicted molar refractivity (Wildman–Crippen MR) is 122 cm³/mol. The Labute approximate surface area is 179 Å². The van der Waals surface area contributed by atoms with Gasteiger partial charge in [-0.1, -0.05) is 12.1 Å². The standard InChI is InChI=1S/C23H22N8/c1-30-9-11-31(12-10-30)23-21-19(6-8-25-23)26-22(27-21)20-17-13-15(4-5-18(17)28-29-20)16-3-2-7-24-14-16/h2-8,13-14H,9-12H2,1H3,(H,26,27)(H,28,29). The van der Waals surface area contributed by atoms with Gasteiger partial charge in [0.2, 0.25) is 0 Å². The van der Waals surface area contributed by atoms with Crippen molar-refractivity contribution < 1.29 is 0 Å². The summed E-state index contributed by atoms with van der Waals surface area (Å²) in [6.45, 7) is 3.95. The maximum Gasteiger partial charge on any atom is 0.159 e. The third-order valence-corrected chi connectivity index (χ3v) is 5.97. The van der Waals surface area contributed by atoms with Gasteiger partial charge in [-0.3, -0.25) is 10.1 Å². The van der Waals surface area contributed by atoms with Crippen molar-refractivity contribution in [2.75, 3.05) is 38.1 Å². The summed E-state index contributed by atoms with van der Waals surface area (Å²) in [5.74, 6) is 1.68. The second-order valence-corrected chi connectivity index (χ2v) is 7.98. The molecule has 1 aliphatic heterocycles. The fourth-order valence-electron chi connectivity index (χ4n) is 4.19. The molecule has 31 heavy (non-hydrogen) atoms. The molecular formula is C23H22N8. The van der Waals surface area contributed by atoms with Crippen LogP contribution in [-0.4, -0.2) is 68.3 Å². The van der Waals surface area contributed by atoms with E-state index in [4.69, 9.17) is 4.98 Å². The Hall–Kier alpha value is -3.78. The van der Waals surface area contributed by atoms with Crippen LogP contribution in [-0.2, 0) is 0 Å². The summed E-state index contributed by atoms with van der Waals surface area (Å²) in [5, 5.41) is 8.73. The molecule has 4 aromatic heterocycles. The maximum absolute atomic E-state index is 4.93. The van der Waals surface area contributed by atoms with Crippen molar-refractivity contribution >= 4 is 27.8 Å². The number of fused-ring (bicyclic) bond motifs is 2. The minimum atomic E-state index is 0.743. The van der Waals surface area contributed by atoms with Crippen molar-refractivity contribution in [1.29, 1.82) is 0 Å². The number of nitrogens with zero attached hydrogens (tertiary/aromatic N) is 6. The Balaban J connectivity index is 1.44. The van der Waals surface area contributed by atoms with Crippen LogP contribution in [0.25, 0.3) is 44.6 Å². The number of hydrogen-bond donors (Lipinski definition) is 2. The van der Waals surface area contributed by atoms with E-state index in [0.29, 0.717) is 0 Å². The molecule has 1 saturated heterocycles. The highest BCUT2D eigenvalue weighted by Gasteiger charge is 2.21. The molecule has 5 aromatic rings. The first-order chi connectivity index (χ1) is 15.3. The van der Waals surface area contributed by atoms with Crippen LogP contribution in [0.15, 0.2) is 55.0 Å². The third-order valence-electron chi connectivity index (χ3n) is 5.97. The summed E-state index contributed by atoms with van der Waals surface area (Å²) in [7, 11) is 2.15. The molecule has 0 saturated carbocycles. The highest BCUT2D eigenvalue weighted by Crippen LogP contribution is 2.32. The minimum absolute atomic E-state index is 0.743. The molecule has 1 aromatic carbocycles. The van der Waals surface area contributed by atoms with Crippen LogP contribution >= 0.6 is 0 Å². The largest absolute Gasteiger partial charge is 0.352 e. The summed E-state index contributed by atoms with van der Waals surface area (Å²) >= 11 is 0. The second kappa shape index (κ2) is 7.17. The number of piperazine rings is 1. The van der Waals surface area contributed by atoms with E-state index in [0.717, 1.165) is 76.6 Å². The first-order valence-electron chi connectivity index (χ1n) is 10.4. The van der Waals surface area contributed by atoms with E-state index >= 15 is 0 Å². The number of H-pyrrole nitrogens is 2. The van der Waals surface area contributed by atoms with E-state index in [1.54, 1.807) is 6.20 Å². The van der Waals surface area contributed by atoms with Crippen LogP contribution < -0.4 is 4.90 Å². The number of pyridine rings is 2. The maximum atomic E-state index is 4.93. The summed E-state index contributed by atoms with van der Waals surface area (Å²) in [4.78, 5) is 21.9. The van der Waals surface area contributed by atoms with E-state index in [1.165, 1.54) is 0 Å². The van der Waals surface area contributed by atoms with Gasteiger partial charge in [-0.15, -0.1) is 0 Å². The summed E-state index contributed by atoms with van der Waals surface area (Å²) in [5.41, 5.74) is 5.81. The molecule has 5 heterocycles. The molecular weight excluding hydrogens is 388 g/mol. The van der Waals surface area contributed by atoms with Crippen molar-refractivity contribution in [2.45, 2.75) is 0 Å². The molecule has 8 nitrogen and oxygen atoms in total. The number of anilines is 1. The SMILES string of the molecule is CN1CCN(c2nccc3[nH]c(-c4n[nH]c5ccc(-c6cccnc6)cc45)nc23)CC1. The molecule has 1 aliphatic rings. The highest BCUT2D eigenvalue weighted by molar-refractivity contribution is 5.97. The molecule has 8 heteroatoms. The average Bonchev–Trinajstić information content (AvgIpc) is 3.43. The smallest absolute Gasteiger partial charge is 0.159 e. The van der Waals surface area contributed by atoms with Gasteiger partial charge in [0.25, 0.3) is 0 Å². The summed E-state index contributed by atoms with van der Waals surface area (Å²) in [6.07, 6.45) is 5.50. The van der Waals surface area contributed by atoms with Crippen molar-refractivity contribution in [3.63, 3.8) is 0 Å². The molecule has 0 radical (unpaired) electrons. The molecule has 1 fully saturated rings. The number of aromatic nitrogens is 6. The number of likely N-dealkylation sites (N-methyl/N-ethyl adjacent to an activating group) is 1. The normalized spacial score (nSPS) is 15.2. The summed E-state index contributed by atoms with van der Waals surface area (Å²) in [6, 6.07) is 12.2. The molecule has 154 valence electrons. The van der Waals surface area contributed by atoms with Gasteiger partial charge in [0, 0.05) is 55.7 Å². The lowest BCUT2D eigenvalue weighted by molar-refractivity contribution is 0.312. The van der Waals surface area contributed by atoms with E-state index in [9.17, 15) is 0 Å². The highest BCUT2D eigenvalue weighted by atomic mass is 15.3. The first-order valence-corrected chi connectivity index (χ1v) is 10.4. The molecule has 0 bridgehead atoms. The van der Waals surface area contributed by atoms with Crippen LogP contribution in [0.3, 0.4) is 0 Å². The minimum Gasteiger partial charge on any atom is -0.352 e. The van der Waals surface area contributed by atoms with Crippen molar-refractivity contribution in [3.8, 4) is 22.6 Å². The van der Waals surface area contributed by atoms with Crippen LogP contribution in [0.5, 0.6) is 0 Å². The van der Waals surface area contributed by atoms with Crippen LogP contribution in [0, 0.1) is 0 Å². The van der Waals surface area contributed by atoms with Crippen LogP contribution in [0.2, 0.25) is 0 Å². The van der Waals surface area contributed by atoms with Crippen molar-refractivity contribution in [3.05, 3.63) is 55.0 Å². The van der Waals surface area contributed by atoms with Crippen LogP contribution in [0.4, 0.5) is 5.82 Å². The zero-order valence-electron chi connectivity index (χ0n) is 17.2. The summed E-state index contributed by atoms with van der Waals surface area (Å²) < 4.78 is 0. The quantitative estimate of drug-likeness (QED) is 0.474. The number of rotatable bonds is 3. The molecule has 0 aliphatic carbocycles. The Morgan fingerprint density at radius 3 is 2.68 bits per heavy atom. The van der Waals surface area contributed by atoms with Gasteiger partial charge < -0.3 is 14.8 Å². The number of benzene rings is 1. The topological polar surface area (TPSA) is 89.6 Å². The van der Waals surface area contributed by atoms with Gasteiger partial charge in [-0.2, -0.15) is 5.10 Å². The van der Waals surface area contributed by atoms with Gasteiger partial charge in [0.1, 0.15) is 11.2 Å². The molecule has 6 rings (SSSR count). The average molecular weight is 410 g/mol. The van der Waals surface area contributed by atoms with Crippen molar-refractivity contribution in [2.24, 2.45) is 0 Å². The van der Waals surface area contributed by atoms with Gasteiger partial charge >= 0.3 is 0 Å². The third kappa shape index (κ3) is 3.12. The Morgan fingerprint density at radius 2 is 1.84 bits per heavy atom. The Bertz CT molecular complexity index is 1360. The fourth-order valence-corrected chi connectivity index (χ4v) is 4.19. The monoisotopic (exact) mass is 410 g/mol. The van der Waals surface area contributed by atoms with E-state index < -0.39 is 0 Å². The number of nitrogens with one attached hydrogen (secondary N) is 2. The van der Waals surface area contributed by atoms with Gasteiger partial charge in [-0.05, 0) is 36.9 Å². The van der Waals surface area contributed by atoms with Gasteiger partial charge in [0.15, 0.2) is 11.6 Å². The zero-order valence-corrected chi connectivity index (χ0v) is 17.2. The Morgan fingerprint density at radius 1 is 0.935 bits per heavy atom. The fraction of sp³-hybridized carbons (Fsp3) is 0.217. The molecule has 2 N–H and O–H groups in total. The van der Waals surface area contributed by atoms with E-state index in [1.807, 2.05) is 30.6 Å². The first kappa shape index (κ1) is 18.0. The predicted octanol–water partition coefficient (Wildman–Crippen LogP) is 3.32. The van der Waals surface area contributed by atoms with E-state index in [-0.39, 0.29) is 0 Å². The molecule has 0 unspecified atom stereocenters. The lowest BCUT2D eigenvalue weighted by Crippen LogP contribution is -2.44. The number of imidazole rings is 1. The van der Waals surface area contributed by atoms with Crippen molar-refractivity contribution in [1.82, 2.24) is 35.0 Å².